The highest BCUT2D eigenvalue weighted by molar-refractivity contribution is 7.17. The van der Waals surface area contributed by atoms with Crippen LogP contribution in [0.5, 0.6) is 0 Å². The zero-order chi connectivity index (χ0) is 20.9. The Balaban J connectivity index is 1.18. The number of carbonyl (C=O) groups is 1. The lowest BCUT2D eigenvalue weighted by molar-refractivity contribution is -0.121. The highest BCUT2D eigenvalue weighted by atomic mass is 32.1. The lowest BCUT2D eigenvalue weighted by Crippen LogP contribution is -2.34. The van der Waals surface area contributed by atoms with E-state index in [1.54, 1.807) is 11.4 Å². The van der Waals surface area contributed by atoms with Crippen LogP contribution >= 0.6 is 11.3 Å². The van der Waals surface area contributed by atoms with Gasteiger partial charge in [0.1, 0.15) is 4.70 Å². The fraction of sp³-hybridized carbons (Fsp3) is 0.318. The van der Waals surface area contributed by atoms with Crippen molar-refractivity contribution in [3.8, 4) is 0 Å². The lowest BCUT2D eigenvalue weighted by atomic mass is 10.1. The van der Waals surface area contributed by atoms with E-state index in [0.717, 1.165) is 24.8 Å². The van der Waals surface area contributed by atoms with Crippen molar-refractivity contribution in [1.82, 2.24) is 19.9 Å². The number of aromatic nitrogens is 3. The Bertz CT molecular complexity index is 1280. The number of nitrogens with one attached hydrogen (secondary N) is 3. The summed E-state index contributed by atoms with van der Waals surface area (Å²) in [4.78, 5) is 42.5. The first kappa shape index (κ1) is 20.2. The number of hydrogen-bond acceptors (Lipinski definition) is 4. The van der Waals surface area contributed by atoms with E-state index in [0.29, 0.717) is 36.1 Å². The van der Waals surface area contributed by atoms with E-state index in [-0.39, 0.29) is 17.2 Å². The molecule has 0 aliphatic heterocycles. The van der Waals surface area contributed by atoms with Crippen molar-refractivity contribution in [3.63, 3.8) is 0 Å². The summed E-state index contributed by atoms with van der Waals surface area (Å²) in [5, 5.41) is 5.96. The SMILES string of the molecule is O=C(CCCCCn1c(=O)[nH]c2ccsc2c1=O)NCCc1c[nH]c2ccccc12. The van der Waals surface area contributed by atoms with Crippen LogP contribution in [0.25, 0.3) is 21.1 Å². The van der Waals surface area contributed by atoms with Gasteiger partial charge in [-0.25, -0.2) is 4.79 Å². The van der Waals surface area contributed by atoms with Crippen molar-refractivity contribution >= 4 is 38.4 Å². The Hall–Kier alpha value is -3.13. The van der Waals surface area contributed by atoms with Gasteiger partial charge >= 0.3 is 5.69 Å². The molecule has 4 rings (SSSR count). The van der Waals surface area contributed by atoms with Gasteiger partial charge in [-0.05, 0) is 42.3 Å². The van der Waals surface area contributed by atoms with E-state index in [1.165, 1.54) is 26.9 Å². The molecule has 3 aromatic heterocycles. The normalized spacial score (nSPS) is 11.3. The molecule has 0 atom stereocenters. The number of rotatable bonds is 9. The molecule has 0 saturated carbocycles. The third-order valence-electron chi connectivity index (χ3n) is 5.27. The van der Waals surface area contributed by atoms with Crippen LogP contribution in [0.15, 0.2) is 51.5 Å². The minimum atomic E-state index is -0.374. The first-order valence-electron chi connectivity index (χ1n) is 10.2. The smallest absolute Gasteiger partial charge is 0.328 e. The van der Waals surface area contributed by atoms with E-state index in [9.17, 15) is 14.4 Å². The average molecular weight is 425 g/mol. The maximum absolute atomic E-state index is 12.4. The molecule has 0 radical (unpaired) electrons. The van der Waals surface area contributed by atoms with Gasteiger partial charge in [0.25, 0.3) is 5.56 Å². The number of para-hydroxylation sites is 1. The molecule has 4 aromatic rings. The van der Waals surface area contributed by atoms with Crippen molar-refractivity contribution in [2.45, 2.75) is 38.6 Å². The first-order valence-corrected chi connectivity index (χ1v) is 11.0. The van der Waals surface area contributed by atoms with Crippen LogP contribution in [0.1, 0.15) is 31.2 Å². The van der Waals surface area contributed by atoms with Crippen LogP contribution in [0.3, 0.4) is 0 Å². The van der Waals surface area contributed by atoms with Crippen molar-refractivity contribution in [1.29, 1.82) is 0 Å². The van der Waals surface area contributed by atoms with Crippen molar-refractivity contribution in [2.75, 3.05) is 6.54 Å². The summed E-state index contributed by atoms with van der Waals surface area (Å²) < 4.78 is 1.82. The summed E-state index contributed by atoms with van der Waals surface area (Å²) >= 11 is 1.33. The number of H-pyrrole nitrogens is 2. The van der Waals surface area contributed by atoms with Crippen LogP contribution in [0, 0.1) is 0 Å². The molecule has 7 nitrogen and oxygen atoms in total. The highest BCUT2D eigenvalue weighted by Gasteiger charge is 2.09. The van der Waals surface area contributed by atoms with Gasteiger partial charge in [-0.1, -0.05) is 24.6 Å². The lowest BCUT2D eigenvalue weighted by Gasteiger charge is -2.06. The maximum Gasteiger partial charge on any atom is 0.328 e. The number of carbonyl (C=O) groups excluding carboxylic acids is 1. The van der Waals surface area contributed by atoms with Crippen molar-refractivity contribution in [2.24, 2.45) is 0 Å². The second-order valence-electron chi connectivity index (χ2n) is 7.32. The summed E-state index contributed by atoms with van der Waals surface area (Å²) in [5.74, 6) is 0.0323. The van der Waals surface area contributed by atoms with E-state index >= 15 is 0 Å². The third-order valence-corrected chi connectivity index (χ3v) is 6.17. The Kier molecular flexibility index (Phi) is 6.13. The first-order chi connectivity index (χ1) is 14.6. The van der Waals surface area contributed by atoms with E-state index in [2.05, 4.69) is 21.4 Å². The summed E-state index contributed by atoms with van der Waals surface area (Å²) in [5.41, 5.74) is 2.29. The summed E-state index contributed by atoms with van der Waals surface area (Å²) in [6.45, 7) is 0.969. The Morgan fingerprint density at radius 3 is 2.83 bits per heavy atom. The van der Waals surface area contributed by atoms with Crippen LogP contribution in [0.4, 0.5) is 0 Å². The maximum atomic E-state index is 12.4. The van der Waals surface area contributed by atoms with Gasteiger partial charge in [-0.2, -0.15) is 0 Å². The Morgan fingerprint density at radius 2 is 1.93 bits per heavy atom. The second-order valence-corrected chi connectivity index (χ2v) is 8.24. The topological polar surface area (TPSA) is 99.8 Å². The third kappa shape index (κ3) is 4.38. The number of hydrogen-bond donors (Lipinski definition) is 3. The molecule has 3 N–H and O–H groups in total. The molecule has 0 fully saturated rings. The summed E-state index contributed by atoms with van der Waals surface area (Å²) in [6, 6.07) is 9.87. The minimum absolute atomic E-state index is 0.0323. The molecule has 0 aliphatic rings. The molecule has 30 heavy (non-hydrogen) atoms. The number of nitrogens with zero attached hydrogens (tertiary/aromatic N) is 1. The Labute approximate surface area is 176 Å². The minimum Gasteiger partial charge on any atom is -0.361 e. The van der Waals surface area contributed by atoms with Gasteiger partial charge in [0.15, 0.2) is 0 Å². The van der Waals surface area contributed by atoms with Gasteiger partial charge in [0.05, 0.1) is 5.52 Å². The van der Waals surface area contributed by atoms with E-state index in [4.69, 9.17) is 0 Å². The van der Waals surface area contributed by atoms with Gasteiger partial charge < -0.3 is 15.3 Å². The quantitative estimate of drug-likeness (QED) is 0.360. The zero-order valence-corrected chi connectivity index (χ0v) is 17.4. The number of amides is 1. The molecule has 1 aromatic carbocycles. The molecule has 0 saturated heterocycles. The van der Waals surface area contributed by atoms with Gasteiger partial charge in [0.2, 0.25) is 5.91 Å². The molecule has 0 bridgehead atoms. The number of unbranched alkanes of at least 4 members (excludes halogenated alkanes) is 2. The number of benzene rings is 1. The molecule has 0 spiro atoms. The molecule has 8 heteroatoms. The van der Waals surface area contributed by atoms with Crippen LogP contribution in [-0.2, 0) is 17.8 Å². The largest absolute Gasteiger partial charge is 0.361 e. The molecule has 156 valence electrons. The van der Waals surface area contributed by atoms with E-state index in [1.807, 2.05) is 24.4 Å². The number of fused-ring (bicyclic) bond motifs is 2. The number of aromatic amines is 2. The fourth-order valence-electron chi connectivity index (χ4n) is 3.67. The van der Waals surface area contributed by atoms with Crippen molar-refractivity contribution < 1.29 is 4.79 Å². The monoisotopic (exact) mass is 424 g/mol. The second kappa shape index (κ2) is 9.13. The summed E-state index contributed by atoms with van der Waals surface area (Å²) in [7, 11) is 0. The molecule has 3 heterocycles. The zero-order valence-electron chi connectivity index (χ0n) is 16.6. The van der Waals surface area contributed by atoms with Crippen LogP contribution in [-0.4, -0.2) is 27.0 Å². The Morgan fingerprint density at radius 1 is 1.07 bits per heavy atom. The standard InChI is InChI=1S/C22H24N4O3S/c27-19(23-11-9-15-14-24-17-7-4-3-6-16(15)17)8-2-1-5-12-26-21(28)20-18(10-13-30-20)25-22(26)29/h3-4,6-7,10,13-14,24H,1-2,5,8-9,11-12H2,(H,23,27)(H,25,29). The summed E-state index contributed by atoms with van der Waals surface area (Å²) in [6.07, 6.45) is 5.42. The molecule has 0 aliphatic carbocycles. The van der Waals surface area contributed by atoms with Crippen LogP contribution < -0.4 is 16.6 Å². The molecule has 1 amide bonds. The fourth-order valence-corrected chi connectivity index (χ4v) is 4.47. The van der Waals surface area contributed by atoms with Crippen LogP contribution in [0.2, 0.25) is 0 Å². The van der Waals surface area contributed by atoms with Crippen molar-refractivity contribution in [3.05, 3.63) is 68.3 Å². The predicted molar refractivity (Wildman–Crippen MR) is 120 cm³/mol. The van der Waals surface area contributed by atoms with E-state index < -0.39 is 0 Å². The molecular weight excluding hydrogens is 400 g/mol. The van der Waals surface area contributed by atoms with Gasteiger partial charge in [0, 0.05) is 36.6 Å². The number of thiophene rings is 1. The predicted octanol–water partition coefficient (Wildman–Crippen LogP) is 3.15. The molecular formula is C22H24N4O3S. The van der Waals surface area contributed by atoms with Gasteiger partial charge in [-0.3, -0.25) is 14.2 Å². The average Bonchev–Trinajstić information content (AvgIpc) is 3.37. The van der Waals surface area contributed by atoms with Gasteiger partial charge in [-0.15, -0.1) is 11.3 Å². The molecule has 0 unspecified atom stereocenters. The highest BCUT2D eigenvalue weighted by Crippen LogP contribution is 2.17.